The van der Waals surface area contributed by atoms with Gasteiger partial charge in [0, 0.05) is 45.0 Å². The number of primary sulfonamides is 1. The van der Waals surface area contributed by atoms with Gasteiger partial charge in [-0.25, -0.2) is 18.4 Å². The van der Waals surface area contributed by atoms with Crippen molar-refractivity contribution >= 4 is 21.7 Å². The number of urea groups is 1. The molecule has 0 aliphatic carbocycles. The maximum Gasteiger partial charge on any atom is 0.319 e. The van der Waals surface area contributed by atoms with Crippen molar-refractivity contribution in [3.8, 4) is 0 Å². The highest BCUT2D eigenvalue weighted by Crippen LogP contribution is 2.12. The van der Waals surface area contributed by atoms with Gasteiger partial charge in [-0.3, -0.25) is 4.90 Å². The van der Waals surface area contributed by atoms with E-state index in [2.05, 4.69) is 27.4 Å². The number of nitrogens with one attached hydrogen (secondary N) is 2. The van der Waals surface area contributed by atoms with E-state index >= 15 is 0 Å². The molecule has 0 radical (unpaired) electrons. The Morgan fingerprint density at radius 2 is 1.71 bits per heavy atom. The maximum absolute atomic E-state index is 11.8. The second-order valence-corrected chi connectivity index (χ2v) is 7.29. The average Bonchev–Trinajstić information content (AvgIpc) is 2.55. The van der Waals surface area contributed by atoms with Crippen molar-refractivity contribution in [1.82, 2.24) is 15.1 Å². The normalized spacial score (nSPS) is 16.8. The first-order chi connectivity index (χ1) is 11.4. The van der Waals surface area contributed by atoms with Crippen LogP contribution in [-0.2, 0) is 10.0 Å². The summed E-state index contributed by atoms with van der Waals surface area (Å²) in [5.74, 6) is 0. The molecule has 0 bridgehead atoms. The fraction of sp³-hybridized carbons (Fsp3) is 0.533. The molecule has 0 saturated carbocycles. The summed E-state index contributed by atoms with van der Waals surface area (Å²) in [7, 11) is -3.72. The predicted molar refractivity (Wildman–Crippen MR) is 93.4 cm³/mol. The summed E-state index contributed by atoms with van der Waals surface area (Å²) < 4.78 is 22.3. The lowest BCUT2D eigenvalue weighted by molar-refractivity contribution is 0.138. The fourth-order valence-corrected chi connectivity index (χ4v) is 3.08. The third-order valence-corrected chi connectivity index (χ3v) is 5.00. The number of hydrogen-bond acceptors (Lipinski definition) is 5. The molecule has 4 N–H and O–H groups in total. The molecule has 0 unspecified atom stereocenters. The fourth-order valence-electron chi connectivity index (χ4n) is 2.56. The third-order valence-electron chi connectivity index (χ3n) is 4.07. The topological polar surface area (TPSA) is 108 Å². The minimum absolute atomic E-state index is 0.0136. The molecule has 0 spiro atoms. The highest BCUT2D eigenvalue weighted by atomic mass is 32.2. The van der Waals surface area contributed by atoms with Crippen LogP contribution >= 0.6 is 0 Å². The zero-order valence-corrected chi connectivity index (χ0v) is 14.7. The van der Waals surface area contributed by atoms with Crippen LogP contribution in [0, 0.1) is 0 Å². The molecular formula is C15H25N5O3S. The maximum atomic E-state index is 11.8. The highest BCUT2D eigenvalue weighted by molar-refractivity contribution is 7.89. The van der Waals surface area contributed by atoms with Crippen molar-refractivity contribution in [3.63, 3.8) is 0 Å². The van der Waals surface area contributed by atoms with E-state index in [1.807, 2.05) is 0 Å². The molecule has 0 atom stereocenters. The summed E-state index contributed by atoms with van der Waals surface area (Å²) in [5.41, 5.74) is 0.511. The van der Waals surface area contributed by atoms with Gasteiger partial charge in [0.05, 0.1) is 4.90 Å². The Bertz CT molecular complexity index is 640. The number of sulfonamides is 1. The summed E-state index contributed by atoms with van der Waals surface area (Å²) in [6.07, 6.45) is 0. The van der Waals surface area contributed by atoms with Gasteiger partial charge in [-0.1, -0.05) is 6.92 Å². The van der Waals surface area contributed by atoms with Crippen LogP contribution in [0.4, 0.5) is 10.5 Å². The summed E-state index contributed by atoms with van der Waals surface area (Å²) in [5, 5.41) is 10.5. The van der Waals surface area contributed by atoms with Gasteiger partial charge >= 0.3 is 6.03 Å². The van der Waals surface area contributed by atoms with Crippen molar-refractivity contribution in [3.05, 3.63) is 24.3 Å². The Morgan fingerprint density at radius 3 is 2.25 bits per heavy atom. The first kappa shape index (κ1) is 18.7. The lowest BCUT2D eigenvalue weighted by Crippen LogP contribution is -2.48. The number of likely N-dealkylation sites (N-methyl/N-ethyl adjacent to an activating group) is 1. The molecule has 1 heterocycles. The number of nitrogens with two attached hydrogens (primary N) is 1. The number of amides is 2. The van der Waals surface area contributed by atoms with Crippen LogP contribution in [0.15, 0.2) is 29.2 Å². The lowest BCUT2D eigenvalue weighted by atomic mass is 10.3. The van der Waals surface area contributed by atoms with Crippen molar-refractivity contribution in [2.75, 3.05) is 51.1 Å². The molecule has 9 heteroatoms. The number of nitrogens with zero attached hydrogens (tertiary/aromatic N) is 2. The molecule has 2 rings (SSSR count). The van der Waals surface area contributed by atoms with Crippen LogP contribution in [0.2, 0.25) is 0 Å². The first-order valence-electron chi connectivity index (χ1n) is 8.01. The Hall–Kier alpha value is -1.68. The Balaban J connectivity index is 1.70. The number of anilines is 1. The minimum Gasteiger partial charge on any atom is -0.337 e. The Labute approximate surface area is 143 Å². The quantitative estimate of drug-likeness (QED) is 0.670. The van der Waals surface area contributed by atoms with Gasteiger partial charge in [0.2, 0.25) is 10.0 Å². The molecule has 24 heavy (non-hydrogen) atoms. The molecule has 2 amide bonds. The smallest absolute Gasteiger partial charge is 0.319 e. The van der Waals surface area contributed by atoms with Crippen LogP contribution < -0.4 is 15.8 Å². The zero-order chi connectivity index (χ0) is 17.6. The molecule has 1 saturated heterocycles. The van der Waals surface area contributed by atoms with Gasteiger partial charge < -0.3 is 15.5 Å². The minimum atomic E-state index is -3.72. The van der Waals surface area contributed by atoms with Gasteiger partial charge in [0.1, 0.15) is 0 Å². The van der Waals surface area contributed by atoms with Gasteiger partial charge in [0.25, 0.3) is 0 Å². The van der Waals surface area contributed by atoms with Crippen LogP contribution in [-0.4, -0.2) is 70.1 Å². The van der Waals surface area contributed by atoms with E-state index in [9.17, 15) is 13.2 Å². The molecule has 134 valence electrons. The number of carbonyl (C=O) groups excluding carboxylic acids is 1. The molecule has 1 aromatic carbocycles. The summed E-state index contributed by atoms with van der Waals surface area (Å²) in [4.78, 5) is 16.6. The van der Waals surface area contributed by atoms with Crippen LogP contribution in [0.25, 0.3) is 0 Å². The van der Waals surface area contributed by atoms with Gasteiger partial charge in [0.15, 0.2) is 0 Å². The van der Waals surface area contributed by atoms with Crippen LogP contribution in [0.3, 0.4) is 0 Å². The van der Waals surface area contributed by atoms with E-state index in [-0.39, 0.29) is 10.9 Å². The van der Waals surface area contributed by atoms with Crippen molar-refractivity contribution < 1.29 is 13.2 Å². The molecule has 1 aliphatic heterocycles. The molecule has 1 aliphatic rings. The summed E-state index contributed by atoms with van der Waals surface area (Å²) in [6, 6.07) is 5.41. The SMILES string of the molecule is CCN1CCN(CCNC(=O)Nc2ccc(S(N)(=O)=O)cc2)CC1. The van der Waals surface area contributed by atoms with Crippen molar-refractivity contribution in [2.24, 2.45) is 5.14 Å². The standard InChI is InChI=1S/C15H25N5O3S/c1-2-19-9-11-20(12-10-19)8-7-17-15(21)18-13-3-5-14(6-4-13)24(16,22)23/h3-6H,2,7-12H2,1H3,(H2,16,22,23)(H2,17,18,21). The number of rotatable bonds is 6. The first-order valence-corrected chi connectivity index (χ1v) is 9.55. The van der Waals surface area contributed by atoms with E-state index in [1.54, 1.807) is 0 Å². The predicted octanol–water partition coefficient (Wildman–Crippen LogP) is 0.0930. The van der Waals surface area contributed by atoms with Gasteiger partial charge in [-0.15, -0.1) is 0 Å². The Morgan fingerprint density at radius 1 is 1.12 bits per heavy atom. The van der Waals surface area contributed by atoms with E-state index in [0.29, 0.717) is 12.2 Å². The monoisotopic (exact) mass is 355 g/mol. The van der Waals surface area contributed by atoms with Crippen molar-refractivity contribution in [2.45, 2.75) is 11.8 Å². The summed E-state index contributed by atoms with van der Waals surface area (Å²) >= 11 is 0. The molecular weight excluding hydrogens is 330 g/mol. The van der Waals surface area contributed by atoms with Crippen LogP contribution in [0.1, 0.15) is 6.92 Å². The zero-order valence-electron chi connectivity index (χ0n) is 13.9. The number of carbonyl (C=O) groups is 1. The second-order valence-electron chi connectivity index (χ2n) is 5.73. The van der Waals surface area contributed by atoms with Gasteiger partial charge in [-0.05, 0) is 30.8 Å². The molecule has 1 fully saturated rings. The second kappa shape index (κ2) is 8.43. The number of piperazine rings is 1. The molecule has 0 aromatic heterocycles. The van der Waals surface area contributed by atoms with E-state index in [4.69, 9.17) is 5.14 Å². The van der Waals surface area contributed by atoms with E-state index in [0.717, 1.165) is 39.3 Å². The number of hydrogen-bond donors (Lipinski definition) is 3. The number of benzene rings is 1. The van der Waals surface area contributed by atoms with Crippen LogP contribution in [0.5, 0.6) is 0 Å². The summed E-state index contributed by atoms with van der Waals surface area (Å²) in [6.45, 7) is 8.80. The van der Waals surface area contributed by atoms with E-state index < -0.39 is 10.0 Å². The average molecular weight is 355 g/mol. The van der Waals surface area contributed by atoms with E-state index in [1.165, 1.54) is 24.3 Å². The Kier molecular flexibility index (Phi) is 6.55. The largest absolute Gasteiger partial charge is 0.337 e. The molecule has 1 aromatic rings. The highest BCUT2D eigenvalue weighted by Gasteiger charge is 2.15. The van der Waals surface area contributed by atoms with Crippen molar-refractivity contribution in [1.29, 1.82) is 0 Å². The third kappa shape index (κ3) is 5.75. The van der Waals surface area contributed by atoms with Gasteiger partial charge in [-0.2, -0.15) is 0 Å². The lowest BCUT2D eigenvalue weighted by Gasteiger charge is -2.33. The molecule has 8 nitrogen and oxygen atoms in total.